The number of carboxylic acids is 1. The number of ether oxygens (including phenoxy) is 1. The SMILES string of the molecule is CCOc1ccc2ccccc2c1C(=O)N[C@@H]1C(=O)N2[C@@H]1SC(C)(C)[C@@H]2C(=O)O.[NaH]. The van der Waals surface area contributed by atoms with Crippen molar-refractivity contribution in [1.29, 1.82) is 0 Å². The zero-order valence-corrected chi connectivity index (χ0v) is 17.2. The van der Waals surface area contributed by atoms with Crippen LogP contribution < -0.4 is 10.1 Å². The second-order valence-electron chi connectivity index (χ2n) is 7.64. The van der Waals surface area contributed by atoms with Gasteiger partial charge in [-0.1, -0.05) is 30.3 Å². The van der Waals surface area contributed by atoms with Crippen molar-refractivity contribution >= 4 is 69.9 Å². The van der Waals surface area contributed by atoms with E-state index < -0.39 is 34.1 Å². The number of β-lactam (4-membered cyclic amide) rings is 1. The Morgan fingerprint density at radius 3 is 2.60 bits per heavy atom. The Kier molecular flexibility index (Phi) is 6.43. The zero-order valence-electron chi connectivity index (χ0n) is 16.3. The van der Waals surface area contributed by atoms with Gasteiger partial charge in [-0.25, -0.2) is 4.79 Å². The summed E-state index contributed by atoms with van der Waals surface area (Å²) < 4.78 is 5.02. The molecule has 0 saturated carbocycles. The van der Waals surface area contributed by atoms with Crippen molar-refractivity contribution < 1.29 is 24.2 Å². The molecule has 2 fully saturated rings. The Morgan fingerprint density at radius 1 is 1.23 bits per heavy atom. The van der Waals surface area contributed by atoms with E-state index in [2.05, 4.69) is 5.32 Å². The molecule has 0 unspecified atom stereocenters. The molecule has 2 saturated heterocycles. The second-order valence-corrected chi connectivity index (χ2v) is 9.41. The average Bonchev–Trinajstić information content (AvgIpc) is 2.94. The van der Waals surface area contributed by atoms with E-state index in [-0.39, 0.29) is 35.5 Å². The van der Waals surface area contributed by atoms with Gasteiger partial charge < -0.3 is 20.1 Å². The molecule has 0 radical (unpaired) electrons. The van der Waals surface area contributed by atoms with Crippen LogP contribution in [0.15, 0.2) is 36.4 Å². The van der Waals surface area contributed by atoms with Crippen LogP contribution in [-0.4, -0.2) is 86.2 Å². The zero-order chi connectivity index (χ0) is 20.9. The Balaban J connectivity index is 0.00000256. The first-order chi connectivity index (χ1) is 13.8. The molecule has 2 amide bonds. The number of thioether (sulfide) groups is 1. The first-order valence-electron chi connectivity index (χ1n) is 9.44. The molecule has 0 aliphatic carbocycles. The van der Waals surface area contributed by atoms with Crippen LogP contribution in [0.2, 0.25) is 0 Å². The number of hydrogen-bond donors (Lipinski definition) is 2. The van der Waals surface area contributed by atoms with E-state index in [4.69, 9.17) is 4.74 Å². The quantitative estimate of drug-likeness (QED) is 0.546. The van der Waals surface area contributed by atoms with Crippen LogP contribution in [0.3, 0.4) is 0 Å². The van der Waals surface area contributed by atoms with E-state index in [9.17, 15) is 19.5 Å². The molecular formula is C21H23N2NaO5S. The third kappa shape index (κ3) is 3.60. The van der Waals surface area contributed by atoms with Crippen molar-refractivity contribution in [3.05, 3.63) is 42.0 Å². The number of nitrogens with zero attached hydrogens (tertiary/aromatic N) is 1. The summed E-state index contributed by atoms with van der Waals surface area (Å²) in [5.74, 6) is -1.35. The number of nitrogens with one attached hydrogen (secondary N) is 1. The minimum atomic E-state index is -1.03. The van der Waals surface area contributed by atoms with Crippen LogP contribution >= 0.6 is 11.8 Å². The van der Waals surface area contributed by atoms with Crippen LogP contribution in [0.5, 0.6) is 5.75 Å². The van der Waals surface area contributed by atoms with Crippen molar-refractivity contribution in [2.75, 3.05) is 6.61 Å². The van der Waals surface area contributed by atoms with Gasteiger partial charge >= 0.3 is 35.5 Å². The molecule has 0 spiro atoms. The summed E-state index contributed by atoms with van der Waals surface area (Å²) >= 11 is 1.40. The number of carbonyl (C=O) groups excluding carboxylic acids is 2. The molecular weight excluding hydrogens is 415 g/mol. The summed E-state index contributed by atoms with van der Waals surface area (Å²) in [6, 6.07) is 9.46. The first kappa shape index (κ1) is 22.9. The Bertz CT molecular complexity index is 1030. The van der Waals surface area contributed by atoms with Gasteiger partial charge in [0.25, 0.3) is 5.91 Å². The molecule has 2 aromatic carbocycles. The summed E-state index contributed by atoms with van der Waals surface area (Å²) in [6.07, 6.45) is 0. The summed E-state index contributed by atoms with van der Waals surface area (Å²) in [6.45, 7) is 5.85. The third-order valence-corrected chi connectivity index (χ3v) is 6.95. The van der Waals surface area contributed by atoms with Gasteiger partial charge in [-0.3, -0.25) is 9.59 Å². The molecule has 4 rings (SSSR count). The number of aliphatic carboxylic acids is 1. The van der Waals surface area contributed by atoms with Crippen LogP contribution in [0.25, 0.3) is 10.8 Å². The standard InChI is InChI=1S/C21H22N2O5S.Na.H/c1-4-28-13-10-9-11-7-5-6-8-12(11)14(13)17(24)22-15-18(25)23-16(20(26)27)21(2,3)29-19(15)23;;/h5-10,15-16,19H,4H2,1-3H3,(H,22,24)(H,26,27);;/t15-,16+,19-;;/m1../s1. The molecule has 2 heterocycles. The normalized spacial score (nSPS) is 23.9. The number of amides is 2. The van der Waals surface area contributed by atoms with E-state index in [1.165, 1.54) is 16.7 Å². The molecule has 3 atom stereocenters. The van der Waals surface area contributed by atoms with E-state index in [0.29, 0.717) is 17.9 Å². The summed E-state index contributed by atoms with van der Waals surface area (Å²) in [5.41, 5.74) is 0.383. The van der Waals surface area contributed by atoms with Crippen molar-refractivity contribution in [2.45, 2.75) is 43.0 Å². The van der Waals surface area contributed by atoms with Gasteiger partial charge in [0, 0.05) is 4.75 Å². The molecule has 2 aromatic rings. The molecule has 7 nitrogen and oxygen atoms in total. The third-order valence-electron chi connectivity index (χ3n) is 5.38. The van der Waals surface area contributed by atoms with Crippen molar-refractivity contribution in [1.82, 2.24) is 10.2 Å². The Hall–Kier alpha value is -1.74. The number of benzene rings is 2. The van der Waals surface area contributed by atoms with E-state index in [0.717, 1.165) is 10.8 Å². The summed E-state index contributed by atoms with van der Waals surface area (Å²) in [5, 5.41) is 13.6. The van der Waals surface area contributed by atoms with E-state index >= 15 is 0 Å². The van der Waals surface area contributed by atoms with Gasteiger partial charge in [0.2, 0.25) is 5.91 Å². The molecule has 154 valence electrons. The molecule has 2 aliphatic rings. The van der Waals surface area contributed by atoms with Crippen molar-refractivity contribution in [3.63, 3.8) is 0 Å². The molecule has 0 aromatic heterocycles. The number of hydrogen-bond acceptors (Lipinski definition) is 5. The number of carbonyl (C=O) groups is 3. The van der Waals surface area contributed by atoms with Crippen molar-refractivity contribution in [2.24, 2.45) is 0 Å². The number of fused-ring (bicyclic) bond motifs is 2. The number of carboxylic acid groups (broad SMARTS) is 1. The first-order valence-corrected chi connectivity index (χ1v) is 10.3. The van der Waals surface area contributed by atoms with Crippen LogP contribution in [0.1, 0.15) is 31.1 Å². The maximum atomic E-state index is 13.2. The molecule has 2 N–H and O–H groups in total. The fourth-order valence-corrected chi connectivity index (χ4v) is 5.75. The van der Waals surface area contributed by atoms with Gasteiger partial charge in [-0.15, -0.1) is 11.8 Å². The van der Waals surface area contributed by atoms with Gasteiger partial charge in [0.1, 0.15) is 23.2 Å². The molecule has 9 heteroatoms. The summed E-state index contributed by atoms with van der Waals surface area (Å²) in [7, 11) is 0. The van der Waals surface area contributed by atoms with Gasteiger partial charge in [-0.05, 0) is 37.6 Å². The van der Waals surface area contributed by atoms with E-state index in [1.54, 1.807) is 19.9 Å². The second kappa shape index (κ2) is 8.42. The molecule has 30 heavy (non-hydrogen) atoms. The fourth-order valence-electron chi connectivity index (χ4n) is 4.12. The predicted molar refractivity (Wildman–Crippen MR) is 117 cm³/mol. The van der Waals surface area contributed by atoms with Gasteiger partial charge in [0.15, 0.2) is 0 Å². The maximum absolute atomic E-state index is 13.2. The van der Waals surface area contributed by atoms with Crippen LogP contribution in [0.4, 0.5) is 0 Å². The molecule has 0 bridgehead atoms. The molecule has 2 aliphatic heterocycles. The van der Waals surface area contributed by atoms with Gasteiger partial charge in [-0.2, -0.15) is 0 Å². The summed E-state index contributed by atoms with van der Waals surface area (Å²) in [4.78, 5) is 38.9. The Labute approximate surface area is 200 Å². The van der Waals surface area contributed by atoms with Crippen LogP contribution in [-0.2, 0) is 9.59 Å². The van der Waals surface area contributed by atoms with Gasteiger partial charge in [0.05, 0.1) is 12.2 Å². The number of rotatable bonds is 5. The Morgan fingerprint density at radius 2 is 1.93 bits per heavy atom. The minimum absolute atomic E-state index is 0. The monoisotopic (exact) mass is 438 g/mol. The topological polar surface area (TPSA) is 95.9 Å². The fraction of sp³-hybridized carbons (Fsp3) is 0.381. The average molecular weight is 438 g/mol. The van der Waals surface area contributed by atoms with Crippen LogP contribution in [0, 0.1) is 0 Å². The predicted octanol–water partition coefficient (Wildman–Crippen LogP) is 1.84. The van der Waals surface area contributed by atoms with E-state index in [1.807, 2.05) is 37.3 Å². The van der Waals surface area contributed by atoms with Crippen molar-refractivity contribution in [3.8, 4) is 5.75 Å².